The summed E-state index contributed by atoms with van der Waals surface area (Å²) in [4.78, 5) is 82.0. The Kier molecular flexibility index (Phi) is 22.1. The average Bonchev–Trinajstić information content (AvgIpc) is 1.70. The van der Waals surface area contributed by atoms with E-state index in [0.717, 1.165) is 11.1 Å². The van der Waals surface area contributed by atoms with Gasteiger partial charge < -0.3 is 43.0 Å². The molecule has 3 fully saturated rings. The molecule has 0 spiro atoms. The number of amides is 3. The third-order valence-electron chi connectivity index (χ3n) is 15.2. The van der Waals surface area contributed by atoms with Crippen molar-refractivity contribution < 1.29 is 98.1 Å². The molecule has 4 atom stereocenters. The molecule has 5 aromatic carbocycles. The quantitative estimate of drug-likeness (QED) is 0.0127. The molecule has 6 aromatic rings. The van der Waals surface area contributed by atoms with Crippen LogP contribution in [0.3, 0.4) is 0 Å². The van der Waals surface area contributed by atoms with Crippen LogP contribution in [0.2, 0.25) is 10.0 Å². The number of carbonyl (C=O) groups excluding carboxylic acids is 4. The minimum Gasteiger partial charge on any atom is -0.490 e. The normalized spacial score (nSPS) is 18.0. The van der Waals surface area contributed by atoms with E-state index in [1.54, 1.807) is 85.5 Å². The molecule has 2 saturated heterocycles. The molecular weight excluding hydrogens is 1210 g/mol. The number of aryl methyl sites for hydroxylation is 1. The zero-order chi connectivity index (χ0) is 63.4. The van der Waals surface area contributed by atoms with Gasteiger partial charge in [0, 0.05) is 43.4 Å². The maximum absolute atomic E-state index is 16.4. The second kappa shape index (κ2) is 30.0. The van der Waals surface area contributed by atoms with Gasteiger partial charge in [-0.05, 0) is 140 Å². The van der Waals surface area contributed by atoms with Crippen LogP contribution in [-0.2, 0) is 50.4 Å². The number of piperidine rings is 1. The number of halogens is 2. The van der Waals surface area contributed by atoms with Crippen LogP contribution in [0, 0.1) is 19.3 Å². The van der Waals surface area contributed by atoms with Crippen LogP contribution in [0.25, 0.3) is 0 Å². The molecule has 3 heterocycles. The van der Waals surface area contributed by atoms with Crippen LogP contribution in [-0.4, -0.2) is 149 Å². The highest BCUT2D eigenvalue weighted by molar-refractivity contribution is 6.37. The first-order chi connectivity index (χ1) is 42.7. The number of ether oxygens (including phenoxy) is 7. The molecule has 1 aliphatic carbocycles. The molecule has 9 rings (SSSR count). The first-order valence-electron chi connectivity index (χ1n) is 27.9. The standard InChI is InChI=1S/C60H65Cl2N7O20/c1-37-25-51(61)54(52(62)26-37)81-22-21-80-46-17-13-42(14-18-46)50-30-45-32-64(57(71)87-47-10-4-7-39(27-47)34-84-67(74)75)33-53(66(45)58(72)88-48-11-5-8-40(28-48)35-85-68(76)77)60(50,3)56(70)65(44-15-16-44)31-43-19-20-63-55(38(43)2)82-23-24-83-59(73)89-49-12-6-9-41(29-49)36-86-69(78)79/h4-14,17-20,25-29,44-45,50,53,74-79H,15-16,21-24,30-36H2,1-3H3. The van der Waals surface area contributed by atoms with Crippen LogP contribution in [0.4, 0.5) is 14.4 Å². The fourth-order valence-corrected chi connectivity index (χ4v) is 11.5. The van der Waals surface area contributed by atoms with Crippen LogP contribution < -0.4 is 28.4 Å². The lowest BCUT2D eigenvalue weighted by atomic mass is 9.60. The summed E-state index contributed by atoms with van der Waals surface area (Å²) >= 11 is 12.8. The number of benzene rings is 5. The highest BCUT2D eigenvalue weighted by atomic mass is 35.5. The van der Waals surface area contributed by atoms with Crippen molar-refractivity contribution in [2.75, 3.05) is 39.5 Å². The summed E-state index contributed by atoms with van der Waals surface area (Å²) < 4.78 is 40.6. The van der Waals surface area contributed by atoms with Gasteiger partial charge in [0.1, 0.15) is 49.4 Å². The summed E-state index contributed by atoms with van der Waals surface area (Å²) in [5.41, 5.74) is 2.63. The van der Waals surface area contributed by atoms with Gasteiger partial charge in [-0.15, -0.1) is 0 Å². The Labute approximate surface area is 519 Å². The van der Waals surface area contributed by atoms with Gasteiger partial charge >= 0.3 is 18.3 Å². The molecule has 3 aliphatic rings. The monoisotopic (exact) mass is 1270 g/mol. The molecule has 1 aromatic heterocycles. The van der Waals surface area contributed by atoms with Crippen molar-refractivity contribution in [1.29, 1.82) is 0 Å². The van der Waals surface area contributed by atoms with Gasteiger partial charge in [-0.3, -0.25) is 40.9 Å². The van der Waals surface area contributed by atoms with Crippen molar-refractivity contribution >= 4 is 47.5 Å². The topological polar surface area (TPSA) is 314 Å². The number of aromatic nitrogens is 1. The number of likely N-dealkylation sites (tertiary alicyclic amines) is 1. The van der Waals surface area contributed by atoms with Gasteiger partial charge in [0.05, 0.1) is 63.5 Å². The molecule has 3 amide bonds. The van der Waals surface area contributed by atoms with Crippen LogP contribution in [0.15, 0.2) is 121 Å². The van der Waals surface area contributed by atoms with Crippen molar-refractivity contribution in [3.05, 3.63) is 170 Å². The predicted molar refractivity (Wildman–Crippen MR) is 307 cm³/mol. The van der Waals surface area contributed by atoms with E-state index in [-0.39, 0.29) is 107 Å². The van der Waals surface area contributed by atoms with E-state index in [2.05, 4.69) is 9.82 Å². The Morgan fingerprint density at radius 2 is 1.17 bits per heavy atom. The van der Waals surface area contributed by atoms with Gasteiger partial charge in [0.2, 0.25) is 11.8 Å². The van der Waals surface area contributed by atoms with Crippen molar-refractivity contribution in [3.8, 4) is 34.6 Å². The second-order valence-corrected chi connectivity index (χ2v) is 22.1. The van der Waals surface area contributed by atoms with Crippen LogP contribution in [0.5, 0.6) is 34.6 Å². The lowest BCUT2D eigenvalue weighted by Gasteiger charge is -2.59. The molecule has 2 bridgehead atoms. The SMILES string of the molecule is Cc1cc(Cl)c(OCCOc2ccc(C3CC4CN(C(=O)Oc5cccc(CON(O)O)c5)CC(N4C(=O)Oc4cccc(CON(O)O)c4)C3(C)C(=O)N(Cc3ccnc(OCCOC(=O)Oc4cccc(CON(O)O)c4)c3C)C3CC3)cc2)c(Cl)c1. The van der Waals surface area contributed by atoms with Gasteiger partial charge in [-0.2, -0.15) is 0 Å². The third-order valence-corrected chi connectivity index (χ3v) is 15.7. The molecule has 474 valence electrons. The first kappa shape index (κ1) is 65.5. The largest absolute Gasteiger partial charge is 0.513 e. The Hall–Kier alpha value is -7.97. The number of rotatable bonds is 26. The lowest BCUT2D eigenvalue weighted by Crippen LogP contribution is -2.73. The fraction of sp³-hybridized carbons (Fsp3) is 0.350. The zero-order valence-electron chi connectivity index (χ0n) is 48.3. The smallest absolute Gasteiger partial charge is 0.490 e. The van der Waals surface area contributed by atoms with Crippen LogP contribution >= 0.6 is 23.2 Å². The summed E-state index contributed by atoms with van der Waals surface area (Å²) in [6.07, 6.45) is 0.327. The Bertz CT molecular complexity index is 3420. The molecule has 29 heteroatoms. The first-order valence-corrected chi connectivity index (χ1v) is 28.7. The predicted octanol–water partition coefficient (Wildman–Crippen LogP) is 10.0. The van der Waals surface area contributed by atoms with Crippen LogP contribution in [0.1, 0.15) is 71.0 Å². The van der Waals surface area contributed by atoms with Crippen molar-refractivity contribution in [2.24, 2.45) is 5.41 Å². The number of fused-ring (bicyclic) bond motifs is 2. The van der Waals surface area contributed by atoms with E-state index < -0.39 is 57.9 Å². The van der Waals surface area contributed by atoms with Gasteiger partial charge in [0.25, 0.3) is 0 Å². The summed E-state index contributed by atoms with van der Waals surface area (Å²) in [6, 6.07) is 29.0. The van der Waals surface area contributed by atoms with Gasteiger partial charge in [0.15, 0.2) is 5.75 Å². The molecule has 27 nitrogen and oxygen atoms in total. The maximum atomic E-state index is 16.4. The minimum atomic E-state index is -1.56. The fourth-order valence-electron chi connectivity index (χ4n) is 10.8. The van der Waals surface area contributed by atoms with Gasteiger partial charge in [-0.25, -0.2) is 33.9 Å². The highest BCUT2D eigenvalue weighted by Crippen LogP contribution is 2.53. The lowest BCUT2D eigenvalue weighted by molar-refractivity contribution is -0.497. The molecule has 4 unspecified atom stereocenters. The van der Waals surface area contributed by atoms with E-state index in [9.17, 15) is 20.0 Å². The zero-order valence-corrected chi connectivity index (χ0v) is 49.8. The van der Waals surface area contributed by atoms with Crippen molar-refractivity contribution in [2.45, 2.75) is 90.4 Å². The van der Waals surface area contributed by atoms with E-state index in [4.69, 9.17) is 86.9 Å². The number of hydrogen-bond donors (Lipinski definition) is 6. The molecule has 1 saturated carbocycles. The maximum Gasteiger partial charge on any atom is 0.513 e. The summed E-state index contributed by atoms with van der Waals surface area (Å²) in [7, 11) is 0. The van der Waals surface area contributed by atoms with Crippen molar-refractivity contribution in [1.82, 2.24) is 35.9 Å². The summed E-state index contributed by atoms with van der Waals surface area (Å²) in [6.45, 7) is 4.28. The Balaban J connectivity index is 1.00. The number of carbonyl (C=O) groups is 4. The Morgan fingerprint density at radius 1 is 0.629 bits per heavy atom. The van der Waals surface area contributed by atoms with Gasteiger partial charge in [-0.1, -0.05) is 71.7 Å². The summed E-state index contributed by atoms with van der Waals surface area (Å²) in [5.74, 6) is 0.363. The second-order valence-electron chi connectivity index (χ2n) is 21.2. The minimum absolute atomic E-state index is 0.0660. The molecule has 6 N–H and O–H groups in total. The molecule has 89 heavy (non-hydrogen) atoms. The van der Waals surface area contributed by atoms with Crippen molar-refractivity contribution in [3.63, 3.8) is 0 Å². The van der Waals surface area contributed by atoms with E-state index in [1.165, 1.54) is 52.4 Å². The highest BCUT2D eigenvalue weighted by Gasteiger charge is 2.62. The molecule has 0 radical (unpaired) electrons. The molecular formula is C60H65Cl2N7O20. The average molecular weight is 1280 g/mol. The number of piperazine rings is 1. The number of pyridine rings is 1. The number of nitrogens with zero attached hydrogens (tertiary/aromatic N) is 7. The number of hydrogen-bond acceptors (Lipinski definition) is 24. The molecule has 2 aliphatic heterocycles. The Morgan fingerprint density at radius 3 is 1.73 bits per heavy atom. The van der Waals surface area contributed by atoms with E-state index in [1.807, 2.05) is 19.1 Å². The van der Waals surface area contributed by atoms with E-state index in [0.29, 0.717) is 62.2 Å². The third kappa shape index (κ3) is 17.3. The summed E-state index contributed by atoms with van der Waals surface area (Å²) in [5, 5.41) is 53.9. The van der Waals surface area contributed by atoms with E-state index >= 15 is 9.59 Å².